The zero-order valence-electron chi connectivity index (χ0n) is 10.6. The molecule has 0 aliphatic heterocycles. The molecule has 7 nitrogen and oxygen atoms in total. The SMILES string of the molecule is O=C(O)c1cccnc1Sc1nnnn1C1CCCC1. The van der Waals surface area contributed by atoms with Crippen molar-refractivity contribution >= 4 is 17.7 Å². The Morgan fingerprint density at radius 1 is 1.40 bits per heavy atom. The van der Waals surface area contributed by atoms with E-state index < -0.39 is 5.97 Å². The maximum absolute atomic E-state index is 11.2. The number of aromatic carboxylic acids is 1. The number of pyridine rings is 1. The minimum atomic E-state index is -1.000. The van der Waals surface area contributed by atoms with Gasteiger partial charge in [-0.05, 0) is 47.2 Å². The van der Waals surface area contributed by atoms with Gasteiger partial charge in [-0.15, -0.1) is 5.10 Å². The van der Waals surface area contributed by atoms with Gasteiger partial charge in [-0.25, -0.2) is 14.5 Å². The highest BCUT2D eigenvalue weighted by Crippen LogP contribution is 2.34. The molecular weight excluding hydrogens is 278 g/mol. The van der Waals surface area contributed by atoms with Gasteiger partial charge in [0.2, 0.25) is 5.16 Å². The van der Waals surface area contributed by atoms with Crippen LogP contribution in [0.15, 0.2) is 28.5 Å². The van der Waals surface area contributed by atoms with Crippen molar-refractivity contribution in [3.8, 4) is 0 Å². The monoisotopic (exact) mass is 291 g/mol. The Balaban J connectivity index is 1.88. The summed E-state index contributed by atoms with van der Waals surface area (Å²) in [6, 6.07) is 3.44. The van der Waals surface area contributed by atoms with E-state index in [1.807, 2.05) is 0 Å². The van der Waals surface area contributed by atoms with Crippen molar-refractivity contribution in [2.24, 2.45) is 0 Å². The van der Waals surface area contributed by atoms with Crippen LogP contribution in [0.5, 0.6) is 0 Å². The maximum atomic E-state index is 11.2. The maximum Gasteiger partial charge on any atom is 0.338 e. The molecule has 20 heavy (non-hydrogen) atoms. The van der Waals surface area contributed by atoms with Crippen LogP contribution < -0.4 is 0 Å². The molecular formula is C12H13N5O2S. The fourth-order valence-corrected chi connectivity index (χ4v) is 3.26. The van der Waals surface area contributed by atoms with Gasteiger partial charge >= 0.3 is 5.97 Å². The number of rotatable bonds is 4. The quantitative estimate of drug-likeness (QED) is 0.921. The fraction of sp³-hybridized carbons (Fsp3) is 0.417. The molecule has 1 saturated carbocycles. The summed E-state index contributed by atoms with van der Waals surface area (Å²) in [6.07, 6.45) is 6.05. The van der Waals surface area contributed by atoms with Crippen molar-refractivity contribution in [2.45, 2.75) is 41.9 Å². The molecule has 2 aromatic rings. The normalized spacial score (nSPS) is 15.6. The van der Waals surface area contributed by atoms with Crippen molar-refractivity contribution in [1.29, 1.82) is 0 Å². The van der Waals surface area contributed by atoms with Crippen LogP contribution in [0, 0.1) is 0 Å². The summed E-state index contributed by atoms with van der Waals surface area (Å²) in [5, 5.41) is 21.9. The molecule has 0 radical (unpaired) electrons. The second-order valence-corrected chi connectivity index (χ2v) is 5.56. The van der Waals surface area contributed by atoms with Crippen LogP contribution in [-0.4, -0.2) is 36.3 Å². The third kappa shape index (κ3) is 2.51. The number of carbonyl (C=O) groups is 1. The zero-order valence-corrected chi connectivity index (χ0v) is 11.5. The van der Waals surface area contributed by atoms with Crippen LogP contribution >= 0.6 is 11.8 Å². The number of carboxylic acids is 1. The average Bonchev–Trinajstić information content (AvgIpc) is 3.09. The van der Waals surface area contributed by atoms with Gasteiger partial charge in [0.25, 0.3) is 0 Å². The molecule has 8 heteroatoms. The third-order valence-corrected chi connectivity index (χ3v) is 4.29. The van der Waals surface area contributed by atoms with E-state index in [1.165, 1.54) is 30.7 Å². The lowest BCUT2D eigenvalue weighted by atomic mass is 10.3. The van der Waals surface area contributed by atoms with Crippen molar-refractivity contribution in [3.63, 3.8) is 0 Å². The molecule has 1 fully saturated rings. The first-order chi connectivity index (χ1) is 9.75. The first-order valence-electron chi connectivity index (χ1n) is 6.40. The van der Waals surface area contributed by atoms with Gasteiger partial charge in [-0.1, -0.05) is 12.8 Å². The van der Waals surface area contributed by atoms with Crippen LogP contribution in [0.4, 0.5) is 0 Å². The lowest BCUT2D eigenvalue weighted by molar-refractivity contribution is 0.0692. The Hall–Kier alpha value is -1.96. The lowest BCUT2D eigenvalue weighted by Crippen LogP contribution is -2.09. The summed E-state index contributed by atoms with van der Waals surface area (Å²) in [7, 11) is 0. The summed E-state index contributed by atoms with van der Waals surface area (Å²) in [5.74, 6) is -1.000. The summed E-state index contributed by atoms with van der Waals surface area (Å²) >= 11 is 1.20. The minimum Gasteiger partial charge on any atom is -0.478 e. The Labute approximate surface area is 119 Å². The standard InChI is InChI=1S/C12H13N5O2S/c18-11(19)9-6-3-7-13-10(9)20-12-14-15-16-17(12)8-4-1-2-5-8/h3,6-8H,1-2,4-5H2,(H,18,19). The highest BCUT2D eigenvalue weighted by Gasteiger charge is 2.23. The fourth-order valence-electron chi connectivity index (χ4n) is 2.35. The van der Waals surface area contributed by atoms with Crippen LogP contribution in [0.2, 0.25) is 0 Å². The van der Waals surface area contributed by atoms with Crippen molar-refractivity contribution in [3.05, 3.63) is 23.9 Å². The predicted molar refractivity (Wildman–Crippen MR) is 70.6 cm³/mol. The lowest BCUT2D eigenvalue weighted by Gasteiger charge is -2.10. The van der Waals surface area contributed by atoms with Crippen LogP contribution in [-0.2, 0) is 0 Å². The highest BCUT2D eigenvalue weighted by molar-refractivity contribution is 7.99. The zero-order chi connectivity index (χ0) is 13.9. The van der Waals surface area contributed by atoms with Gasteiger partial charge in [-0.3, -0.25) is 0 Å². The Bertz CT molecular complexity index is 624. The Morgan fingerprint density at radius 3 is 2.95 bits per heavy atom. The molecule has 104 valence electrons. The molecule has 2 aromatic heterocycles. The van der Waals surface area contributed by atoms with Gasteiger partial charge in [0.1, 0.15) is 5.03 Å². The average molecular weight is 291 g/mol. The van der Waals surface area contributed by atoms with Gasteiger partial charge in [0, 0.05) is 6.20 Å². The van der Waals surface area contributed by atoms with E-state index in [4.69, 9.17) is 5.11 Å². The first-order valence-corrected chi connectivity index (χ1v) is 7.21. The van der Waals surface area contributed by atoms with E-state index in [-0.39, 0.29) is 5.56 Å². The number of hydrogen-bond donors (Lipinski definition) is 1. The van der Waals surface area contributed by atoms with Crippen molar-refractivity contribution < 1.29 is 9.90 Å². The van der Waals surface area contributed by atoms with Gasteiger partial charge < -0.3 is 5.11 Å². The molecule has 0 saturated heterocycles. The van der Waals surface area contributed by atoms with Crippen LogP contribution in [0.1, 0.15) is 42.1 Å². The number of hydrogen-bond acceptors (Lipinski definition) is 6. The molecule has 1 aliphatic rings. The summed E-state index contributed by atoms with van der Waals surface area (Å²) in [6.45, 7) is 0. The number of tetrazole rings is 1. The van der Waals surface area contributed by atoms with E-state index in [0.29, 0.717) is 16.2 Å². The van der Waals surface area contributed by atoms with Gasteiger partial charge in [0.05, 0.1) is 11.6 Å². The molecule has 1 N–H and O–H groups in total. The summed E-state index contributed by atoms with van der Waals surface area (Å²) in [5.41, 5.74) is 0.165. The van der Waals surface area contributed by atoms with E-state index >= 15 is 0 Å². The molecule has 0 aromatic carbocycles. The van der Waals surface area contributed by atoms with E-state index in [0.717, 1.165) is 12.8 Å². The highest BCUT2D eigenvalue weighted by atomic mass is 32.2. The predicted octanol–water partition coefficient (Wildman–Crippen LogP) is 2.03. The molecule has 0 unspecified atom stereocenters. The molecule has 0 bridgehead atoms. The third-order valence-electron chi connectivity index (χ3n) is 3.32. The van der Waals surface area contributed by atoms with Crippen molar-refractivity contribution in [1.82, 2.24) is 25.2 Å². The second kappa shape index (κ2) is 5.58. The summed E-state index contributed by atoms with van der Waals surface area (Å²) < 4.78 is 1.79. The molecule has 1 aliphatic carbocycles. The van der Waals surface area contributed by atoms with Crippen LogP contribution in [0.25, 0.3) is 0 Å². The molecule has 0 amide bonds. The van der Waals surface area contributed by atoms with E-state index in [9.17, 15) is 4.79 Å². The van der Waals surface area contributed by atoms with Crippen molar-refractivity contribution in [2.75, 3.05) is 0 Å². The number of carboxylic acid groups (broad SMARTS) is 1. The van der Waals surface area contributed by atoms with E-state index in [2.05, 4.69) is 20.5 Å². The smallest absolute Gasteiger partial charge is 0.338 e. The number of aromatic nitrogens is 5. The topological polar surface area (TPSA) is 93.8 Å². The van der Waals surface area contributed by atoms with Crippen LogP contribution in [0.3, 0.4) is 0 Å². The molecule has 0 spiro atoms. The Morgan fingerprint density at radius 2 is 2.20 bits per heavy atom. The van der Waals surface area contributed by atoms with Gasteiger partial charge in [0.15, 0.2) is 0 Å². The largest absolute Gasteiger partial charge is 0.478 e. The number of nitrogens with zero attached hydrogens (tertiary/aromatic N) is 5. The van der Waals surface area contributed by atoms with E-state index in [1.54, 1.807) is 16.9 Å². The minimum absolute atomic E-state index is 0.165. The summed E-state index contributed by atoms with van der Waals surface area (Å²) in [4.78, 5) is 15.3. The van der Waals surface area contributed by atoms with Gasteiger partial charge in [-0.2, -0.15) is 0 Å². The molecule has 2 heterocycles. The second-order valence-electron chi connectivity index (χ2n) is 4.61. The molecule has 3 rings (SSSR count). The molecule has 0 atom stereocenters. The Kier molecular flexibility index (Phi) is 3.64. The first kappa shape index (κ1) is 13.0.